The van der Waals surface area contributed by atoms with Crippen molar-refractivity contribution >= 4 is 33.1 Å². The molecule has 2 heterocycles. The van der Waals surface area contributed by atoms with Gasteiger partial charge in [0.1, 0.15) is 5.82 Å². The minimum Gasteiger partial charge on any atom is -0.372 e. The van der Waals surface area contributed by atoms with Crippen LogP contribution in [0.4, 0.5) is 5.82 Å². The predicted octanol–water partition coefficient (Wildman–Crippen LogP) is 2.40. The molecule has 0 saturated heterocycles. The van der Waals surface area contributed by atoms with Gasteiger partial charge in [-0.15, -0.1) is 11.3 Å². The van der Waals surface area contributed by atoms with Gasteiger partial charge in [0.15, 0.2) is 10.8 Å². The molecular weight excluding hydrogens is 264 g/mol. The van der Waals surface area contributed by atoms with Gasteiger partial charge in [-0.05, 0) is 15.9 Å². The molecule has 4 nitrogen and oxygen atoms in total. The lowest BCUT2D eigenvalue weighted by molar-refractivity contribution is 1.14. The molecule has 14 heavy (non-hydrogen) atoms. The number of halogens is 1. The molecule has 2 rings (SSSR count). The van der Waals surface area contributed by atoms with Crippen LogP contribution in [0.5, 0.6) is 0 Å². The van der Waals surface area contributed by atoms with Gasteiger partial charge in [0.05, 0.1) is 4.47 Å². The summed E-state index contributed by atoms with van der Waals surface area (Å²) in [6.45, 7) is 0. The lowest BCUT2D eigenvalue weighted by atomic mass is 10.5. The Hall–Kier alpha value is -1.01. The van der Waals surface area contributed by atoms with E-state index in [4.69, 9.17) is 0 Å². The van der Waals surface area contributed by atoms with Crippen molar-refractivity contribution in [3.8, 4) is 10.8 Å². The van der Waals surface area contributed by atoms with Crippen molar-refractivity contribution in [1.29, 1.82) is 0 Å². The Kier molecular flexibility index (Phi) is 2.74. The summed E-state index contributed by atoms with van der Waals surface area (Å²) >= 11 is 4.87. The number of aromatic nitrogens is 3. The molecule has 0 aromatic carbocycles. The monoisotopic (exact) mass is 270 g/mol. The van der Waals surface area contributed by atoms with Gasteiger partial charge >= 0.3 is 0 Å². The molecule has 2 aromatic rings. The van der Waals surface area contributed by atoms with E-state index in [9.17, 15) is 0 Å². The van der Waals surface area contributed by atoms with Crippen LogP contribution in [0.1, 0.15) is 0 Å². The molecule has 0 bridgehead atoms. The smallest absolute Gasteiger partial charge is 0.190 e. The zero-order valence-electron chi connectivity index (χ0n) is 7.36. The Balaban J connectivity index is 2.46. The molecule has 6 heteroatoms. The number of nitrogens with zero attached hydrogens (tertiary/aromatic N) is 3. The fourth-order valence-electron chi connectivity index (χ4n) is 0.979. The second-order valence-electron chi connectivity index (χ2n) is 2.48. The molecule has 1 N–H and O–H groups in total. The van der Waals surface area contributed by atoms with Crippen molar-refractivity contribution in [3.05, 3.63) is 22.2 Å². The first-order chi connectivity index (χ1) is 6.81. The summed E-state index contributed by atoms with van der Waals surface area (Å²) in [6, 6.07) is 0. The largest absolute Gasteiger partial charge is 0.372 e. The molecule has 0 spiro atoms. The van der Waals surface area contributed by atoms with Gasteiger partial charge in [-0.25, -0.2) is 15.0 Å². The van der Waals surface area contributed by atoms with Crippen LogP contribution < -0.4 is 5.32 Å². The Morgan fingerprint density at radius 2 is 2.29 bits per heavy atom. The van der Waals surface area contributed by atoms with Crippen molar-refractivity contribution in [2.24, 2.45) is 0 Å². The zero-order valence-corrected chi connectivity index (χ0v) is 9.76. The molecule has 2 aromatic heterocycles. The number of hydrogen-bond donors (Lipinski definition) is 1. The number of hydrogen-bond acceptors (Lipinski definition) is 5. The highest BCUT2D eigenvalue weighted by atomic mass is 79.9. The Bertz CT molecular complexity index is 429. The third-order valence-corrected chi connectivity index (χ3v) is 2.95. The highest BCUT2D eigenvalue weighted by molar-refractivity contribution is 9.10. The summed E-state index contributed by atoms with van der Waals surface area (Å²) in [5.41, 5.74) is 0. The van der Waals surface area contributed by atoms with Gasteiger partial charge in [0.2, 0.25) is 0 Å². The lowest BCUT2D eigenvalue weighted by Crippen LogP contribution is -1.97. The van der Waals surface area contributed by atoms with Crippen LogP contribution >= 0.6 is 27.3 Å². The summed E-state index contributed by atoms with van der Waals surface area (Å²) in [4.78, 5) is 12.6. The van der Waals surface area contributed by atoms with Crippen molar-refractivity contribution in [2.45, 2.75) is 0 Å². The maximum absolute atomic E-state index is 4.31. The van der Waals surface area contributed by atoms with E-state index in [0.717, 1.165) is 15.3 Å². The lowest BCUT2D eigenvalue weighted by Gasteiger charge is -2.02. The van der Waals surface area contributed by atoms with E-state index in [1.807, 2.05) is 12.4 Å². The van der Waals surface area contributed by atoms with Gasteiger partial charge in [-0.2, -0.15) is 0 Å². The number of rotatable bonds is 2. The summed E-state index contributed by atoms with van der Waals surface area (Å²) in [5, 5.41) is 5.71. The summed E-state index contributed by atoms with van der Waals surface area (Å²) in [6.07, 6.45) is 3.46. The molecule has 72 valence electrons. The molecule has 0 aliphatic rings. The molecule has 0 atom stereocenters. The van der Waals surface area contributed by atoms with E-state index >= 15 is 0 Å². The van der Waals surface area contributed by atoms with Crippen LogP contribution in [0.25, 0.3) is 10.8 Å². The normalized spacial score (nSPS) is 10.1. The van der Waals surface area contributed by atoms with E-state index in [0.29, 0.717) is 5.82 Å². The molecule has 0 saturated carbocycles. The third kappa shape index (κ3) is 1.76. The van der Waals surface area contributed by atoms with Crippen LogP contribution in [0, 0.1) is 0 Å². The Morgan fingerprint density at radius 1 is 1.43 bits per heavy atom. The van der Waals surface area contributed by atoms with Gasteiger partial charge in [-0.1, -0.05) is 0 Å². The predicted molar refractivity (Wildman–Crippen MR) is 60.4 cm³/mol. The summed E-state index contributed by atoms with van der Waals surface area (Å²) in [5.74, 6) is 1.41. The number of anilines is 1. The van der Waals surface area contributed by atoms with Crippen LogP contribution in [0.2, 0.25) is 0 Å². The first-order valence-electron chi connectivity index (χ1n) is 3.91. The van der Waals surface area contributed by atoms with Crippen LogP contribution in [-0.2, 0) is 0 Å². The summed E-state index contributed by atoms with van der Waals surface area (Å²) < 4.78 is 0.848. The van der Waals surface area contributed by atoms with E-state index in [-0.39, 0.29) is 0 Å². The molecule has 0 radical (unpaired) electrons. The fourth-order valence-corrected chi connectivity index (χ4v) is 1.94. The van der Waals surface area contributed by atoms with E-state index < -0.39 is 0 Å². The van der Waals surface area contributed by atoms with E-state index in [1.165, 1.54) is 11.3 Å². The number of thiazole rings is 1. The Labute approximate surface area is 93.6 Å². The van der Waals surface area contributed by atoms with E-state index in [2.05, 4.69) is 36.2 Å². The highest BCUT2D eigenvalue weighted by Gasteiger charge is 2.07. The maximum Gasteiger partial charge on any atom is 0.190 e. The molecule has 0 aliphatic carbocycles. The highest BCUT2D eigenvalue weighted by Crippen LogP contribution is 2.23. The topological polar surface area (TPSA) is 50.7 Å². The fraction of sp³-hybridized carbons (Fsp3) is 0.125. The van der Waals surface area contributed by atoms with Crippen LogP contribution in [0.3, 0.4) is 0 Å². The van der Waals surface area contributed by atoms with Crippen molar-refractivity contribution in [1.82, 2.24) is 15.0 Å². The molecule has 0 aliphatic heterocycles. The van der Waals surface area contributed by atoms with Gasteiger partial charge in [-0.3, -0.25) is 0 Å². The minimum atomic E-state index is 0.646. The second-order valence-corrected chi connectivity index (χ2v) is 4.23. The SMILES string of the molecule is CNc1nc(-c2nccs2)ncc1Br. The van der Waals surface area contributed by atoms with Crippen LogP contribution in [-0.4, -0.2) is 22.0 Å². The average Bonchev–Trinajstić information content (AvgIpc) is 2.71. The van der Waals surface area contributed by atoms with Gasteiger partial charge in [0, 0.05) is 24.8 Å². The third-order valence-electron chi connectivity index (χ3n) is 1.60. The minimum absolute atomic E-state index is 0.646. The summed E-state index contributed by atoms with van der Waals surface area (Å²) in [7, 11) is 1.82. The quantitative estimate of drug-likeness (QED) is 0.911. The van der Waals surface area contributed by atoms with Crippen LogP contribution in [0.15, 0.2) is 22.2 Å². The zero-order chi connectivity index (χ0) is 9.97. The molecule has 0 amide bonds. The average molecular weight is 271 g/mol. The molecular formula is C8H7BrN4S. The van der Waals surface area contributed by atoms with E-state index in [1.54, 1.807) is 12.4 Å². The van der Waals surface area contributed by atoms with Gasteiger partial charge < -0.3 is 5.32 Å². The second kappa shape index (κ2) is 4.02. The molecule has 0 unspecified atom stereocenters. The molecule has 0 fully saturated rings. The first-order valence-corrected chi connectivity index (χ1v) is 5.58. The van der Waals surface area contributed by atoms with Gasteiger partial charge in [0.25, 0.3) is 0 Å². The maximum atomic E-state index is 4.31. The Morgan fingerprint density at radius 3 is 2.93 bits per heavy atom. The standard InChI is InChI=1S/C8H7BrN4S/c1-10-6-5(9)4-12-7(13-6)8-11-2-3-14-8/h2-4H,1H3,(H,10,12,13). The van der Waals surface area contributed by atoms with Crippen molar-refractivity contribution < 1.29 is 0 Å². The first kappa shape index (κ1) is 9.54. The van der Waals surface area contributed by atoms with Crippen molar-refractivity contribution in [3.63, 3.8) is 0 Å². The van der Waals surface area contributed by atoms with Crippen molar-refractivity contribution in [2.75, 3.05) is 12.4 Å². The number of nitrogens with one attached hydrogen (secondary N) is 1.